The van der Waals surface area contributed by atoms with Gasteiger partial charge in [-0.15, -0.1) is 0 Å². The number of ether oxygens (including phenoxy) is 1. The fourth-order valence-corrected chi connectivity index (χ4v) is 4.69. The maximum atomic E-state index is 6.57. The van der Waals surface area contributed by atoms with E-state index in [1.807, 2.05) is 0 Å². The van der Waals surface area contributed by atoms with E-state index in [1.165, 1.54) is 39.1 Å². The molecule has 2 heterocycles. The van der Waals surface area contributed by atoms with E-state index in [0.29, 0.717) is 0 Å². The van der Waals surface area contributed by atoms with Crippen LogP contribution in [0.3, 0.4) is 0 Å². The number of hydrogen-bond acceptors (Lipinski definition) is 2. The summed E-state index contributed by atoms with van der Waals surface area (Å²) in [5, 5.41) is 3.69. The van der Waals surface area contributed by atoms with Crippen LogP contribution in [0.5, 0.6) is 5.75 Å². The normalized spacial score (nSPS) is 18.7. The van der Waals surface area contributed by atoms with E-state index in [9.17, 15) is 0 Å². The lowest BCUT2D eigenvalue weighted by Gasteiger charge is -2.37. The van der Waals surface area contributed by atoms with Crippen LogP contribution in [0.15, 0.2) is 72.8 Å². The van der Waals surface area contributed by atoms with Gasteiger partial charge in [0.2, 0.25) is 0 Å². The molecule has 0 aromatic heterocycles. The zero-order valence-corrected chi connectivity index (χ0v) is 16.6. The van der Waals surface area contributed by atoms with Crippen LogP contribution in [0.25, 0.3) is 16.7 Å². The highest BCUT2D eigenvalue weighted by atomic mass is 16.5. The summed E-state index contributed by atoms with van der Waals surface area (Å²) in [5.74, 6) is 0.974. The molecule has 0 bridgehead atoms. The van der Waals surface area contributed by atoms with Crippen molar-refractivity contribution in [2.75, 3.05) is 5.32 Å². The van der Waals surface area contributed by atoms with Crippen LogP contribution in [0.2, 0.25) is 0 Å². The number of fused-ring (bicyclic) bond motifs is 5. The van der Waals surface area contributed by atoms with Gasteiger partial charge in [-0.25, -0.2) is 0 Å². The molecular formula is C26H25NO. The number of hydrogen-bond donors (Lipinski definition) is 1. The van der Waals surface area contributed by atoms with Crippen LogP contribution in [0.1, 0.15) is 43.6 Å². The molecule has 0 fully saturated rings. The average molecular weight is 367 g/mol. The van der Waals surface area contributed by atoms with E-state index in [0.717, 1.165) is 12.2 Å². The molecule has 0 unspecified atom stereocenters. The Labute approximate surface area is 166 Å². The maximum absolute atomic E-state index is 6.57. The van der Waals surface area contributed by atoms with Crippen LogP contribution < -0.4 is 10.1 Å². The molecule has 0 aliphatic carbocycles. The minimum absolute atomic E-state index is 0.00591. The molecule has 0 amide bonds. The fourth-order valence-electron chi connectivity index (χ4n) is 4.69. The Balaban J connectivity index is 1.72. The van der Waals surface area contributed by atoms with Crippen molar-refractivity contribution in [1.29, 1.82) is 0 Å². The lowest BCUT2D eigenvalue weighted by Crippen LogP contribution is -2.32. The molecule has 2 aliphatic heterocycles. The van der Waals surface area contributed by atoms with Gasteiger partial charge in [0.05, 0.1) is 5.54 Å². The van der Waals surface area contributed by atoms with E-state index < -0.39 is 0 Å². The second-order valence-corrected chi connectivity index (χ2v) is 8.42. The summed E-state index contributed by atoms with van der Waals surface area (Å²) in [7, 11) is 0. The molecule has 140 valence electrons. The second kappa shape index (κ2) is 6.27. The zero-order chi connectivity index (χ0) is 19.3. The van der Waals surface area contributed by atoms with E-state index >= 15 is 0 Å². The van der Waals surface area contributed by atoms with Gasteiger partial charge in [-0.05, 0) is 49.6 Å². The van der Waals surface area contributed by atoms with Crippen molar-refractivity contribution < 1.29 is 4.74 Å². The minimum Gasteiger partial charge on any atom is -0.485 e. The first-order valence-corrected chi connectivity index (χ1v) is 9.97. The predicted molar refractivity (Wildman–Crippen MR) is 117 cm³/mol. The van der Waals surface area contributed by atoms with Gasteiger partial charge >= 0.3 is 0 Å². The van der Waals surface area contributed by atoms with Crippen molar-refractivity contribution in [3.05, 3.63) is 89.5 Å². The molecule has 3 aromatic rings. The molecule has 0 saturated carbocycles. The van der Waals surface area contributed by atoms with Gasteiger partial charge in [0.15, 0.2) is 0 Å². The number of nitrogens with one attached hydrogen (secondary N) is 1. The van der Waals surface area contributed by atoms with Crippen LogP contribution in [-0.2, 0) is 6.42 Å². The summed E-state index contributed by atoms with van der Waals surface area (Å²) in [6, 6.07) is 23.5. The van der Waals surface area contributed by atoms with Gasteiger partial charge in [-0.3, -0.25) is 0 Å². The Morgan fingerprint density at radius 2 is 1.64 bits per heavy atom. The first kappa shape index (κ1) is 17.1. The molecule has 5 rings (SSSR count). The van der Waals surface area contributed by atoms with Gasteiger partial charge < -0.3 is 10.1 Å². The van der Waals surface area contributed by atoms with E-state index in [4.69, 9.17) is 4.74 Å². The molecule has 0 spiro atoms. The molecule has 28 heavy (non-hydrogen) atoms. The quantitative estimate of drug-likeness (QED) is 0.548. The highest BCUT2D eigenvalue weighted by Crippen LogP contribution is 2.49. The Hall–Kier alpha value is -3.00. The number of benzene rings is 3. The summed E-state index contributed by atoms with van der Waals surface area (Å²) in [6.45, 7) is 6.65. The van der Waals surface area contributed by atoms with Crippen LogP contribution in [-0.4, -0.2) is 5.54 Å². The summed E-state index contributed by atoms with van der Waals surface area (Å²) in [4.78, 5) is 0. The third-order valence-electron chi connectivity index (χ3n) is 5.71. The molecule has 0 radical (unpaired) electrons. The summed E-state index contributed by atoms with van der Waals surface area (Å²) >= 11 is 0. The van der Waals surface area contributed by atoms with Gasteiger partial charge in [0.25, 0.3) is 0 Å². The van der Waals surface area contributed by atoms with Crippen molar-refractivity contribution in [1.82, 2.24) is 0 Å². The van der Waals surface area contributed by atoms with E-state index in [2.05, 4.69) is 98.9 Å². The smallest absolute Gasteiger partial charge is 0.129 e. The van der Waals surface area contributed by atoms with E-state index in [-0.39, 0.29) is 11.6 Å². The zero-order valence-electron chi connectivity index (χ0n) is 16.6. The van der Waals surface area contributed by atoms with Crippen molar-refractivity contribution >= 4 is 11.3 Å². The Bertz CT molecular complexity index is 1080. The molecule has 2 nitrogen and oxygen atoms in total. The molecule has 3 aromatic carbocycles. The predicted octanol–water partition coefficient (Wildman–Crippen LogP) is 6.64. The number of rotatable bonds is 2. The second-order valence-electron chi connectivity index (χ2n) is 8.42. The van der Waals surface area contributed by atoms with Gasteiger partial charge in [0.1, 0.15) is 11.9 Å². The standard InChI is InChI=1S/C26H25NO/c1-17-16-26(2,3)27-21-14-13-20-19-11-7-8-12-22(19)28-23(25(20)24(17)21)15-18-9-5-4-6-10-18/h4-14,16,23,27H,15H2,1-3H3/t23-/m1/s1. The first-order valence-electron chi connectivity index (χ1n) is 9.97. The average Bonchev–Trinajstić information content (AvgIpc) is 2.67. The topological polar surface area (TPSA) is 21.3 Å². The SMILES string of the molecule is CC1=CC(C)(C)Nc2ccc3c(c21)[C@@H](Cc1ccccc1)Oc1ccccc1-3. The van der Waals surface area contributed by atoms with Gasteiger partial charge in [0, 0.05) is 28.8 Å². The first-order chi connectivity index (χ1) is 13.5. The van der Waals surface area contributed by atoms with Crippen molar-refractivity contribution in [3.8, 4) is 16.9 Å². The van der Waals surface area contributed by atoms with Gasteiger partial charge in [-0.2, -0.15) is 0 Å². The lowest BCUT2D eigenvalue weighted by molar-refractivity contribution is 0.202. The maximum Gasteiger partial charge on any atom is 0.129 e. The Kier molecular flexibility index (Phi) is 3.83. The minimum atomic E-state index is -0.0479. The molecule has 1 atom stereocenters. The number of allylic oxidation sites excluding steroid dienone is 1. The summed E-state index contributed by atoms with van der Waals surface area (Å²) in [5.41, 5.74) is 8.83. The summed E-state index contributed by atoms with van der Waals surface area (Å²) in [6.07, 6.45) is 3.18. The number of para-hydroxylation sites is 1. The Morgan fingerprint density at radius 1 is 0.893 bits per heavy atom. The third-order valence-corrected chi connectivity index (χ3v) is 5.71. The third kappa shape index (κ3) is 2.80. The van der Waals surface area contributed by atoms with Gasteiger partial charge in [-0.1, -0.05) is 60.7 Å². The molecule has 1 N–H and O–H groups in total. The molecule has 0 saturated heterocycles. The van der Waals surface area contributed by atoms with Crippen molar-refractivity contribution in [2.24, 2.45) is 0 Å². The van der Waals surface area contributed by atoms with Crippen LogP contribution in [0, 0.1) is 0 Å². The Morgan fingerprint density at radius 3 is 2.46 bits per heavy atom. The lowest BCUT2D eigenvalue weighted by atomic mass is 9.81. The molecular weight excluding hydrogens is 342 g/mol. The van der Waals surface area contributed by atoms with Crippen molar-refractivity contribution in [3.63, 3.8) is 0 Å². The van der Waals surface area contributed by atoms with Crippen LogP contribution >= 0.6 is 0 Å². The monoisotopic (exact) mass is 367 g/mol. The highest BCUT2D eigenvalue weighted by Gasteiger charge is 2.33. The van der Waals surface area contributed by atoms with Crippen LogP contribution in [0.4, 0.5) is 5.69 Å². The molecule has 2 aliphatic rings. The fraction of sp³-hybridized carbons (Fsp3) is 0.231. The largest absolute Gasteiger partial charge is 0.485 e. The van der Waals surface area contributed by atoms with Crippen molar-refractivity contribution in [2.45, 2.75) is 38.8 Å². The van der Waals surface area contributed by atoms with E-state index in [1.54, 1.807) is 0 Å². The highest BCUT2D eigenvalue weighted by molar-refractivity contribution is 5.89. The summed E-state index contributed by atoms with van der Waals surface area (Å²) < 4.78 is 6.57. The molecule has 2 heteroatoms. The number of anilines is 1.